The molecule has 1 aromatic rings. The summed E-state index contributed by atoms with van der Waals surface area (Å²) in [7, 11) is 0. The number of nitrogens with zero attached hydrogens (tertiary/aromatic N) is 1. The molecular weight excluding hydrogens is 248 g/mol. The highest BCUT2D eigenvalue weighted by Gasteiger charge is 2.24. The van der Waals surface area contributed by atoms with Gasteiger partial charge < -0.3 is 15.5 Å². The van der Waals surface area contributed by atoms with Crippen molar-refractivity contribution in [2.45, 2.75) is 18.9 Å². The molecule has 1 amide bonds. The molecule has 0 aliphatic heterocycles. The number of amides is 1. The maximum atomic E-state index is 11.5. The maximum Gasteiger partial charge on any atom is 0.306 e. The molecule has 1 rings (SSSR count). The van der Waals surface area contributed by atoms with Crippen LogP contribution in [0.2, 0.25) is 0 Å². The van der Waals surface area contributed by atoms with Crippen LogP contribution in [-0.4, -0.2) is 39.2 Å². The first kappa shape index (κ1) is 14.8. The van der Waals surface area contributed by atoms with Crippen molar-refractivity contribution in [3.05, 3.63) is 36.2 Å². The monoisotopic (exact) mass is 264 g/mol. The highest BCUT2D eigenvalue weighted by Crippen LogP contribution is 2.07. The van der Waals surface area contributed by atoms with Crippen LogP contribution in [0.4, 0.5) is 0 Å². The summed E-state index contributed by atoms with van der Waals surface area (Å²) < 4.78 is 0. The minimum atomic E-state index is -1.47. The van der Waals surface area contributed by atoms with Gasteiger partial charge in [-0.2, -0.15) is 0 Å². The highest BCUT2D eigenvalue weighted by atomic mass is 16.4. The van der Waals surface area contributed by atoms with Gasteiger partial charge in [-0.25, -0.2) is 0 Å². The zero-order valence-corrected chi connectivity index (χ0v) is 10.5. The number of rotatable bonds is 6. The Hall–Kier alpha value is -2.21. The van der Waals surface area contributed by atoms with Gasteiger partial charge in [0, 0.05) is 25.0 Å². The fraction of sp³-hybridized carbons (Fsp3) is 0.308. The molecular formula is C13H16N2O4. The van der Waals surface area contributed by atoms with E-state index in [2.05, 4.69) is 10.3 Å². The van der Waals surface area contributed by atoms with E-state index in [9.17, 15) is 14.7 Å². The van der Waals surface area contributed by atoms with E-state index in [-0.39, 0.29) is 6.54 Å². The lowest BCUT2D eigenvalue weighted by molar-refractivity contribution is -0.142. The Morgan fingerprint density at radius 3 is 2.84 bits per heavy atom. The average Bonchev–Trinajstić information content (AvgIpc) is 2.34. The topological polar surface area (TPSA) is 99.5 Å². The largest absolute Gasteiger partial charge is 0.481 e. The normalized spacial score (nSPS) is 14.0. The van der Waals surface area contributed by atoms with Gasteiger partial charge in [0.1, 0.15) is 0 Å². The fourth-order valence-corrected chi connectivity index (χ4v) is 1.37. The molecule has 19 heavy (non-hydrogen) atoms. The Bertz CT molecular complexity index is 469. The van der Waals surface area contributed by atoms with E-state index in [0.717, 1.165) is 5.56 Å². The molecule has 0 saturated heterocycles. The SMILES string of the molecule is CC(O)(CNC(=O)C=Cc1cccnc1)CC(=O)O. The smallest absolute Gasteiger partial charge is 0.306 e. The highest BCUT2D eigenvalue weighted by molar-refractivity contribution is 5.91. The maximum absolute atomic E-state index is 11.5. The van der Waals surface area contributed by atoms with Crippen LogP contribution in [-0.2, 0) is 9.59 Å². The van der Waals surface area contributed by atoms with Crippen molar-refractivity contribution in [2.24, 2.45) is 0 Å². The molecule has 6 nitrogen and oxygen atoms in total. The van der Waals surface area contributed by atoms with Gasteiger partial charge in [0.2, 0.25) is 5.91 Å². The number of carbonyl (C=O) groups is 2. The molecule has 1 atom stereocenters. The van der Waals surface area contributed by atoms with Crippen LogP contribution < -0.4 is 5.32 Å². The third kappa shape index (κ3) is 6.32. The average molecular weight is 264 g/mol. The summed E-state index contributed by atoms with van der Waals surface area (Å²) in [5.74, 6) is -1.53. The van der Waals surface area contributed by atoms with E-state index in [1.807, 2.05) is 0 Å². The number of pyridine rings is 1. The summed E-state index contributed by atoms with van der Waals surface area (Å²) in [5.41, 5.74) is -0.696. The molecule has 0 spiro atoms. The first-order valence-electron chi connectivity index (χ1n) is 5.69. The third-order valence-electron chi connectivity index (χ3n) is 2.29. The van der Waals surface area contributed by atoms with E-state index in [1.54, 1.807) is 30.6 Å². The lowest BCUT2D eigenvalue weighted by Gasteiger charge is -2.20. The molecule has 1 aromatic heterocycles. The lowest BCUT2D eigenvalue weighted by Crippen LogP contribution is -2.41. The number of nitrogens with one attached hydrogen (secondary N) is 1. The van der Waals surface area contributed by atoms with Gasteiger partial charge in [-0.15, -0.1) is 0 Å². The predicted molar refractivity (Wildman–Crippen MR) is 69.2 cm³/mol. The Morgan fingerprint density at radius 1 is 1.53 bits per heavy atom. The van der Waals surface area contributed by atoms with Crippen LogP contribution in [0.15, 0.2) is 30.6 Å². The molecule has 6 heteroatoms. The minimum absolute atomic E-state index is 0.129. The van der Waals surface area contributed by atoms with Crippen molar-refractivity contribution in [1.29, 1.82) is 0 Å². The van der Waals surface area contributed by atoms with Gasteiger partial charge in [-0.1, -0.05) is 6.07 Å². The molecule has 0 aliphatic carbocycles. The van der Waals surface area contributed by atoms with E-state index in [0.29, 0.717) is 0 Å². The summed E-state index contributed by atoms with van der Waals surface area (Å²) >= 11 is 0. The molecule has 0 aromatic carbocycles. The van der Waals surface area contributed by atoms with E-state index in [1.165, 1.54) is 13.0 Å². The van der Waals surface area contributed by atoms with Crippen LogP contribution in [0, 0.1) is 0 Å². The van der Waals surface area contributed by atoms with Crippen LogP contribution in [0.1, 0.15) is 18.9 Å². The number of aliphatic hydroxyl groups is 1. The summed E-state index contributed by atoms with van der Waals surface area (Å²) in [5, 5.41) is 20.7. The molecule has 1 unspecified atom stereocenters. The number of carboxylic acids is 1. The lowest BCUT2D eigenvalue weighted by atomic mass is 10.0. The summed E-state index contributed by atoms with van der Waals surface area (Å²) in [4.78, 5) is 25.8. The number of carboxylic acid groups (broad SMARTS) is 1. The zero-order valence-electron chi connectivity index (χ0n) is 10.5. The summed E-state index contributed by atoms with van der Waals surface area (Å²) in [6, 6.07) is 3.53. The van der Waals surface area contributed by atoms with Crippen molar-refractivity contribution in [3.63, 3.8) is 0 Å². The van der Waals surface area contributed by atoms with Crippen molar-refractivity contribution in [3.8, 4) is 0 Å². The van der Waals surface area contributed by atoms with Gasteiger partial charge in [-0.05, 0) is 24.6 Å². The van der Waals surface area contributed by atoms with Crippen molar-refractivity contribution in [1.82, 2.24) is 10.3 Å². The Kier molecular flexibility index (Phi) is 5.20. The standard InChI is InChI=1S/C13H16N2O4/c1-13(19,7-12(17)18)9-15-11(16)5-4-10-3-2-6-14-8-10/h2-6,8,19H,7,9H2,1H3,(H,15,16)(H,17,18). The Balaban J connectivity index is 2.44. The van der Waals surface area contributed by atoms with Gasteiger partial charge in [0.05, 0.1) is 12.0 Å². The second kappa shape index (κ2) is 6.65. The predicted octanol–water partition coefficient (Wildman–Crippen LogP) is 0.437. The molecule has 102 valence electrons. The quantitative estimate of drug-likeness (QED) is 0.647. The molecule has 0 radical (unpaired) electrons. The molecule has 0 fully saturated rings. The first-order valence-corrected chi connectivity index (χ1v) is 5.69. The van der Waals surface area contributed by atoms with Gasteiger partial charge in [-0.3, -0.25) is 14.6 Å². The van der Waals surface area contributed by atoms with E-state index < -0.39 is 23.9 Å². The number of hydrogen-bond acceptors (Lipinski definition) is 4. The molecule has 1 heterocycles. The van der Waals surface area contributed by atoms with Crippen molar-refractivity contribution >= 4 is 18.0 Å². The zero-order chi connectivity index (χ0) is 14.3. The molecule has 3 N–H and O–H groups in total. The second-order valence-electron chi connectivity index (χ2n) is 4.40. The van der Waals surface area contributed by atoms with Crippen molar-refractivity contribution < 1.29 is 19.8 Å². The Morgan fingerprint density at radius 2 is 2.26 bits per heavy atom. The number of hydrogen-bond donors (Lipinski definition) is 3. The van der Waals surface area contributed by atoms with E-state index >= 15 is 0 Å². The third-order valence-corrected chi connectivity index (χ3v) is 2.29. The minimum Gasteiger partial charge on any atom is -0.481 e. The Labute approximate surface area is 110 Å². The van der Waals surface area contributed by atoms with Crippen LogP contribution in [0.25, 0.3) is 6.08 Å². The van der Waals surface area contributed by atoms with Crippen molar-refractivity contribution in [2.75, 3.05) is 6.54 Å². The number of aliphatic carboxylic acids is 1. The van der Waals surface area contributed by atoms with Gasteiger partial charge in [0.25, 0.3) is 0 Å². The molecule has 0 saturated carbocycles. The summed E-state index contributed by atoms with van der Waals surface area (Å²) in [6.07, 6.45) is 5.67. The fourth-order valence-electron chi connectivity index (χ4n) is 1.37. The number of aromatic nitrogens is 1. The van der Waals surface area contributed by atoms with Gasteiger partial charge >= 0.3 is 5.97 Å². The van der Waals surface area contributed by atoms with E-state index in [4.69, 9.17) is 5.11 Å². The van der Waals surface area contributed by atoms with Crippen LogP contribution in [0.5, 0.6) is 0 Å². The molecule has 0 bridgehead atoms. The van der Waals surface area contributed by atoms with Crippen LogP contribution in [0.3, 0.4) is 0 Å². The first-order chi connectivity index (χ1) is 8.89. The molecule has 0 aliphatic rings. The summed E-state index contributed by atoms with van der Waals surface area (Å²) in [6.45, 7) is 1.22. The number of carbonyl (C=O) groups excluding carboxylic acids is 1. The van der Waals surface area contributed by atoms with Crippen LogP contribution >= 0.6 is 0 Å². The van der Waals surface area contributed by atoms with Gasteiger partial charge in [0.15, 0.2) is 0 Å². The second-order valence-corrected chi connectivity index (χ2v) is 4.40.